The zero-order valence-electron chi connectivity index (χ0n) is 34.5. The van der Waals surface area contributed by atoms with Crippen LogP contribution in [0.25, 0.3) is 0 Å². The Labute approximate surface area is 365 Å². The summed E-state index contributed by atoms with van der Waals surface area (Å²) in [6, 6.07) is 7.99. The number of Topliss-reactive ketones (excluding diaryl/α,β-unsaturated/α-hetero) is 1. The molecule has 4 aliphatic heterocycles. The number of unbranched alkanes of at least 4 members (excludes halogenated alkanes) is 2. The van der Waals surface area contributed by atoms with Gasteiger partial charge in [0, 0.05) is 42.5 Å². The van der Waals surface area contributed by atoms with Crippen LogP contribution in [0.5, 0.6) is 23.0 Å². The Kier molecular flexibility index (Phi) is 13.6. The van der Waals surface area contributed by atoms with E-state index in [0.29, 0.717) is 66.5 Å². The molecule has 328 valence electrons. The lowest BCUT2D eigenvalue weighted by molar-refractivity contribution is -0.385. The molecule has 1 aromatic heterocycles. The first-order chi connectivity index (χ1) is 29.8. The fraction of sp³-hybridized carbons (Fsp3) is 0.419. The smallest absolute Gasteiger partial charge is 0.416 e. The number of anilines is 1. The minimum atomic E-state index is -1.47. The molecule has 7 rings (SSSR count). The number of fused-ring (bicyclic) bond motifs is 4. The highest BCUT2D eigenvalue weighted by Gasteiger charge is 2.46. The molecule has 19 heteroatoms. The maximum absolute atomic E-state index is 14.0. The Morgan fingerprint density at radius 1 is 0.919 bits per heavy atom. The third-order valence-electron chi connectivity index (χ3n) is 11.0. The molecule has 2 fully saturated rings. The van der Waals surface area contributed by atoms with Crippen LogP contribution in [0.4, 0.5) is 16.2 Å². The molecule has 4 aliphatic rings. The van der Waals surface area contributed by atoms with Crippen molar-refractivity contribution in [1.29, 1.82) is 0 Å². The van der Waals surface area contributed by atoms with Gasteiger partial charge in [-0.05, 0) is 79.7 Å². The molecule has 3 aromatic rings. The molecule has 17 nitrogen and oxygen atoms in total. The summed E-state index contributed by atoms with van der Waals surface area (Å²) in [6.07, 6.45) is 1.65. The summed E-state index contributed by atoms with van der Waals surface area (Å²) in [5.74, 6) is 0.706. The van der Waals surface area contributed by atoms with Gasteiger partial charge in [0.05, 0.1) is 55.7 Å². The lowest BCUT2D eigenvalue weighted by Crippen LogP contribution is -2.51. The molecule has 62 heavy (non-hydrogen) atoms. The van der Waals surface area contributed by atoms with Crippen LogP contribution in [-0.4, -0.2) is 119 Å². The Morgan fingerprint density at radius 2 is 1.56 bits per heavy atom. The van der Waals surface area contributed by atoms with Crippen molar-refractivity contribution in [2.45, 2.75) is 74.0 Å². The van der Waals surface area contributed by atoms with Crippen LogP contribution in [0.3, 0.4) is 0 Å². The van der Waals surface area contributed by atoms with Gasteiger partial charge in [-0.1, -0.05) is 35.1 Å². The van der Waals surface area contributed by atoms with Gasteiger partial charge in [-0.25, -0.2) is 14.7 Å². The number of aliphatic hydroxyl groups excluding tert-OH is 1. The van der Waals surface area contributed by atoms with E-state index >= 15 is 0 Å². The molecule has 5 heterocycles. The van der Waals surface area contributed by atoms with E-state index in [1.807, 2.05) is 6.92 Å². The second-order valence-electron chi connectivity index (χ2n) is 15.4. The highest BCUT2D eigenvalue weighted by Crippen LogP contribution is 2.43. The number of ether oxygens (including phenoxy) is 5. The van der Waals surface area contributed by atoms with Crippen LogP contribution >= 0.6 is 21.6 Å². The van der Waals surface area contributed by atoms with Gasteiger partial charge in [0.1, 0.15) is 17.8 Å². The van der Waals surface area contributed by atoms with Gasteiger partial charge in [-0.15, -0.1) is 0 Å². The third-order valence-corrected chi connectivity index (χ3v) is 13.7. The fourth-order valence-corrected chi connectivity index (χ4v) is 9.71. The molecule has 1 N–H and O–H groups in total. The standard InChI is InChI=1S/C43H47N5O12S2/c1-24-13-32-34(49)15-27-16-37(35(56-4)17-29(27)40(50)45(32)21-24)58-11-7-6-8-12-59-38-19-31-30(18-36(38)57-5)41(51)46-22-25(2)14-33(46)42(52)47(31)43(53)60-23-26(3)61-62-39-10-9-28(20-44-39)48(54)55/h9-10,16-20,26,32-33,42,52H,1-2,6-8,11-15,21-23H2,3-5H3/t26-,32+,33+,42+/m1/s1. The van der Waals surface area contributed by atoms with Crippen molar-refractivity contribution >= 4 is 56.7 Å². The molecule has 4 atom stereocenters. The molecule has 0 unspecified atom stereocenters. The maximum atomic E-state index is 14.0. The van der Waals surface area contributed by atoms with E-state index in [-0.39, 0.29) is 78.0 Å². The molecule has 0 bridgehead atoms. The normalized spacial score (nSPS) is 19.8. The van der Waals surface area contributed by atoms with E-state index in [1.165, 1.54) is 71.2 Å². The molecule has 0 aliphatic carbocycles. The van der Waals surface area contributed by atoms with Crippen molar-refractivity contribution in [3.05, 3.63) is 93.7 Å². The number of nitro groups is 1. The number of amides is 3. The largest absolute Gasteiger partial charge is 0.493 e. The Morgan fingerprint density at radius 3 is 2.23 bits per heavy atom. The van der Waals surface area contributed by atoms with Crippen LogP contribution in [0.1, 0.15) is 65.3 Å². The average molecular weight is 890 g/mol. The van der Waals surface area contributed by atoms with Crippen molar-refractivity contribution in [3.8, 4) is 23.0 Å². The van der Waals surface area contributed by atoms with Crippen LogP contribution in [0.2, 0.25) is 0 Å². The van der Waals surface area contributed by atoms with Crippen LogP contribution in [0, 0.1) is 10.1 Å². The zero-order chi connectivity index (χ0) is 44.2. The topological polar surface area (TPSA) is 200 Å². The fourth-order valence-electron chi connectivity index (χ4n) is 7.86. The Hall–Kier alpha value is -5.79. The van der Waals surface area contributed by atoms with Gasteiger partial charge in [-0.2, -0.15) is 0 Å². The van der Waals surface area contributed by atoms with Crippen molar-refractivity contribution in [3.63, 3.8) is 0 Å². The molecular formula is C43H47N5O12S2. The minimum Gasteiger partial charge on any atom is -0.493 e. The SMILES string of the molecule is C=C1C[C@H]2C(=O)Cc3cc(OCCCCCOc4cc5c(cc4OC)C(=O)N4CC(=C)C[C@H]4[C@H](O)N5C(=O)OC[C@@H](C)SSc4ccc([N+](=O)[O-])cn4)c(OC)cc3C(=O)N2C1. The van der Waals surface area contributed by atoms with Crippen LogP contribution in [0.15, 0.2) is 71.9 Å². The minimum absolute atomic E-state index is 0.0308. The lowest BCUT2D eigenvalue weighted by Gasteiger charge is -2.31. The van der Waals surface area contributed by atoms with Gasteiger partial charge >= 0.3 is 6.09 Å². The number of hydrogen-bond acceptors (Lipinski definition) is 15. The number of ketones is 1. The van der Waals surface area contributed by atoms with Crippen molar-refractivity contribution < 1.29 is 52.9 Å². The van der Waals surface area contributed by atoms with E-state index in [1.54, 1.807) is 17.0 Å². The first-order valence-corrected chi connectivity index (χ1v) is 22.2. The Balaban J connectivity index is 0.977. The van der Waals surface area contributed by atoms with Crippen LogP contribution < -0.4 is 23.8 Å². The quantitative estimate of drug-likeness (QED) is 0.0544. The second kappa shape index (κ2) is 19.1. The van der Waals surface area contributed by atoms with Gasteiger partial charge in [0.2, 0.25) is 0 Å². The summed E-state index contributed by atoms with van der Waals surface area (Å²) in [6.45, 7) is 10.9. The Bertz CT molecular complexity index is 2290. The van der Waals surface area contributed by atoms with Crippen LogP contribution in [-0.2, 0) is 16.0 Å². The zero-order valence-corrected chi connectivity index (χ0v) is 36.2. The molecule has 2 saturated heterocycles. The number of nitrogens with zero attached hydrogens (tertiary/aromatic N) is 5. The predicted octanol–water partition coefficient (Wildman–Crippen LogP) is 6.41. The van der Waals surface area contributed by atoms with Gasteiger partial charge in [-0.3, -0.25) is 24.5 Å². The maximum Gasteiger partial charge on any atom is 0.416 e. The first-order valence-electron chi connectivity index (χ1n) is 20.0. The van der Waals surface area contributed by atoms with E-state index in [2.05, 4.69) is 18.1 Å². The van der Waals surface area contributed by atoms with E-state index < -0.39 is 35.2 Å². The monoisotopic (exact) mass is 889 g/mol. The molecule has 0 spiro atoms. The number of rotatable bonds is 16. The molecule has 0 radical (unpaired) electrons. The van der Waals surface area contributed by atoms with E-state index in [9.17, 15) is 34.4 Å². The number of carbonyl (C=O) groups excluding carboxylic acids is 4. The predicted molar refractivity (Wildman–Crippen MR) is 230 cm³/mol. The van der Waals surface area contributed by atoms with E-state index in [0.717, 1.165) is 16.0 Å². The summed E-state index contributed by atoms with van der Waals surface area (Å²) in [5.41, 5.74) is 2.72. The highest BCUT2D eigenvalue weighted by molar-refractivity contribution is 8.76. The van der Waals surface area contributed by atoms with Gasteiger partial charge in [0.25, 0.3) is 17.5 Å². The number of benzene rings is 2. The van der Waals surface area contributed by atoms with Gasteiger partial charge in [0.15, 0.2) is 35.0 Å². The summed E-state index contributed by atoms with van der Waals surface area (Å²) >= 11 is 0. The number of hydrogen-bond donors (Lipinski definition) is 1. The third kappa shape index (κ3) is 9.34. The molecular weight excluding hydrogens is 843 g/mol. The summed E-state index contributed by atoms with van der Waals surface area (Å²) in [4.78, 5) is 73.0. The average Bonchev–Trinajstić information content (AvgIpc) is 3.82. The first kappa shape index (κ1) is 44.3. The van der Waals surface area contributed by atoms with Crippen molar-refractivity contribution in [2.75, 3.05) is 52.0 Å². The number of aliphatic hydroxyl groups is 1. The van der Waals surface area contributed by atoms with E-state index in [4.69, 9.17) is 23.7 Å². The summed E-state index contributed by atoms with van der Waals surface area (Å²) in [5, 5.41) is 23.0. The molecule has 0 saturated carbocycles. The number of methoxy groups -OCH3 is 2. The molecule has 2 aromatic carbocycles. The highest BCUT2D eigenvalue weighted by atomic mass is 33.1. The molecule has 3 amide bonds. The van der Waals surface area contributed by atoms with Gasteiger partial charge < -0.3 is 38.6 Å². The number of carbonyl (C=O) groups is 4. The van der Waals surface area contributed by atoms with Crippen molar-refractivity contribution in [1.82, 2.24) is 14.8 Å². The van der Waals surface area contributed by atoms with Crippen molar-refractivity contribution in [2.24, 2.45) is 0 Å². The number of aromatic nitrogens is 1. The lowest BCUT2D eigenvalue weighted by atomic mass is 9.99. The number of pyridine rings is 1. The summed E-state index contributed by atoms with van der Waals surface area (Å²) < 4.78 is 29.2. The second-order valence-corrected chi connectivity index (χ2v) is 18.1. The summed E-state index contributed by atoms with van der Waals surface area (Å²) in [7, 11) is 5.56.